The Morgan fingerprint density at radius 2 is 2.08 bits per heavy atom. The van der Waals surface area contributed by atoms with Gasteiger partial charge in [-0.25, -0.2) is 9.97 Å². The van der Waals surface area contributed by atoms with Gasteiger partial charge in [-0.15, -0.1) is 0 Å². The van der Waals surface area contributed by atoms with E-state index in [0.29, 0.717) is 24.3 Å². The van der Waals surface area contributed by atoms with E-state index in [9.17, 15) is 9.90 Å². The normalized spacial score (nSPS) is 21.2. The number of aromatic nitrogens is 4. The van der Waals surface area contributed by atoms with E-state index in [1.54, 1.807) is 35.3 Å². The summed E-state index contributed by atoms with van der Waals surface area (Å²) in [4.78, 5) is 25.3. The first-order chi connectivity index (χ1) is 11.7. The molecule has 1 fully saturated rings. The van der Waals surface area contributed by atoms with E-state index in [2.05, 4.69) is 20.3 Å². The number of fused-ring (bicyclic) bond motifs is 1. The van der Waals surface area contributed by atoms with Crippen LogP contribution in [0.25, 0.3) is 5.78 Å². The Balaban J connectivity index is 1.58. The molecule has 1 amide bonds. The molecule has 24 heavy (non-hydrogen) atoms. The molecule has 0 bridgehead atoms. The fourth-order valence-corrected chi connectivity index (χ4v) is 3.05. The van der Waals surface area contributed by atoms with Crippen molar-refractivity contribution >= 4 is 11.7 Å². The average molecular weight is 323 g/mol. The number of aliphatic hydroxyl groups excluding tert-OH is 1. The molecule has 1 aliphatic rings. The van der Waals surface area contributed by atoms with Gasteiger partial charge in [0, 0.05) is 24.8 Å². The van der Waals surface area contributed by atoms with Crippen molar-refractivity contribution in [3.8, 4) is 0 Å². The molecule has 1 unspecified atom stereocenters. The molecule has 122 valence electrons. The summed E-state index contributed by atoms with van der Waals surface area (Å²) < 4.78 is 1.71. The van der Waals surface area contributed by atoms with Crippen LogP contribution in [0.4, 0.5) is 0 Å². The number of pyridine rings is 1. The van der Waals surface area contributed by atoms with Crippen LogP contribution >= 0.6 is 0 Å². The van der Waals surface area contributed by atoms with Crippen molar-refractivity contribution in [1.29, 1.82) is 0 Å². The Kier molecular flexibility index (Phi) is 3.70. The van der Waals surface area contributed by atoms with Crippen molar-refractivity contribution in [3.05, 3.63) is 60.4 Å². The van der Waals surface area contributed by atoms with Crippen LogP contribution in [-0.4, -0.2) is 36.5 Å². The highest BCUT2D eigenvalue weighted by atomic mass is 16.3. The predicted octanol–water partition coefficient (Wildman–Crippen LogP) is 1.37. The van der Waals surface area contributed by atoms with Gasteiger partial charge in [0.2, 0.25) is 5.78 Å². The lowest BCUT2D eigenvalue weighted by molar-refractivity contribution is 0.0228. The van der Waals surface area contributed by atoms with E-state index in [1.807, 2.05) is 18.2 Å². The van der Waals surface area contributed by atoms with Crippen LogP contribution in [0.15, 0.2) is 49.1 Å². The van der Waals surface area contributed by atoms with Gasteiger partial charge < -0.3 is 10.4 Å². The Morgan fingerprint density at radius 3 is 2.79 bits per heavy atom. The molecular weight excluding hydrogens is 306 g/mol. The zero-order valence-electron chi connectivity index (χ0n) is 12.9. The van der Waals surface area contributed by atoms with E-state index in [1.165, 1.54) is 0 Å². The summed E-state index contributed by atoms with van der Waals surface area (Å²) in [7, 11) is 0. The molecule has 3 aromatic rings. The molecule has 0 aliphatic heterocycles. The van der Waals surface area contributed by atoms with Crippen LogP contribution in [0.3, 0.4) is 0 Å². The minimum absolute atomic E-state index is 0.175. The zero-order valence-corrected chi connectivity index (χ0v) is 12.9. The molecule has 3 aromatic heterocycles. The van der Waals surface area contributed by atoms with Gasteiger partial charge in [-0.1, -0.05) is 6.07 Å². The third-order valence-electron chi connectivity index (χ3n) is 4.38. The van der Waals surface area contributed by atoms with Crippen LogP contribution in [0.1, 0.15) is 35.1 Å². The first-order valence-corrected chi connectivity index (χ1v) is 7.90. The number of carbonyl (C=O) groups is 1. The van der Waals surface area contributed by atoms with Crippen molar-refractivity contribution in [2.45, 2.75) is 25.0 Å². The molecule has 0 radical (unpaired) electrons. The second-order valence-corrected chi connectivity index (χ2v) is 6.04. The van der Waals surface area contributed by atoms with E-state index < -0.39 is 0 Å². The first-order valence-electron chi connectivity index (χ1n) is 7.90. The summed E-state index contributed by atoms with van der Waals surface area (Å²) in [6, 6.07) is 7.17. The van der Waals surface area contributed by atoms with E-state index in [-0.39, 0.29) is 24.0 Å². The van der Waals surface area contributed by atoms with E-state index in [0.717, 1.165) is 5.69 Å². The minimum atomic E-state index is -0.294. The van der Waals surface area contributed by atoms with Gasteiger partial charge in [-0.05, 0) is 37.0 Å². The number of hydrogen-bond donors (Lipinski definition) is 2. The third-order valence-corrected chi connectivity index (χ3v) is 4.38. The number of nitrogens with one attached hydrogen (secondary N) is 1. The molecule has 7 heteroatoms. The second kappa shape index (κ2) is 6.01. The number of amides is 1. The highest BCUT2D eigenvalue weighted by Crippen LogP contribution is 2.37. The molecule has 0 spiro atoms. The quantitative estimate of drug-likeness (QED) is 0.756. The summed E-state index contributed by atoms with van der Waals surface area (Å²) in [5, 5.41) is 12.6. The highest BCUT2D eigenvalue weighted by molar-refractivity contribution is 5.93. The number of rotatable bonds is 4. The van der Waals surface area contributed by atoms with Crippen LogP contribution in [0.2, 0.25) is 0 Å². The Morgan fingerprint density at radius 1 is 1.25 bits per heavy atom. The molecule has 1 atom stereocenters. The van der Waals surface area contributed by atoms with Gasteiger partial charge in [-0.3, -0.25) is 14.2 Å². The van der Waals surface area contributed by atoms with Crippen molar-refractivity contribution in [2.24, 2.45) is 5.92 Å². The molecule has 1 aliphatic carbocycles. The van der Waals surface area contributed by atoms with Crippen LogP contribution in [0, 0.1) is 5.92 Å². The number of hydrogen-bond acceptors (Lipinski definition) is 5. The molecular formula is C17H17N5O2. The van der Waals surface area contributed by atoms with E-state index >= 15 is 0 Å². The molecule has 4 rings (SSSR count). The van der Waals surface area contributed by atoms with Gasteiger partial charge in [-0.2, -0.15) is 0 Å². The van der Waals surface area contributed by atoms with E-state index in [4.69, 9.17) is 0 Å². The fraction of sp³-hybridized carbons (Fsp3) is 0.294. The van der Waals surface area contributed by atoms with Crippen molar-refractivity contribution < 1.29 is 9.90 Å². The monoisotopic (exact) mass is 323 g/mol. The number of imidazole rings is 1. The largest absolute Gasteiger partial charge is 0.393 e. The molecule has 7 nitrogen and oxygen atoms in total. The maximum absolute atomic E-state index is 12.6. The smallest absolute Gasteiger partial charge is 0.272 e. The lowest BCUT2D eigenvalue weighted by Crippen LogP contribution is -2.41. The van der Waals surface area contributed by atoms with Crippen molar-refractivity contribution in [2.75, 3.05) is 0 Å². The zero-order chi connectivity index (χ0) is 16.5. The summed E-state index contributed by atoms with van der Waals surface area (Å²) in [6.07, 6.45) is 7.82. The molecule has 2 N–H and O–H groups in total. The summed E-state index contributed by atoms with van der Waals surface area (Å²) >= 11 is 0. The van der Waals surface area contributed by atoms with Gasteiger partial charge in [0.25, 0.3) is 5.91 Å². The summed E-state index contributed by atoms with van der Waals surface area (Å²) in [5.41, 5.74) is 1.11. The highest BCUT2D eigenvalue weighted by Gasteiger charge is 2.36. The Bertz CT molecular complexity index is 825. The van der Waals surface area contributed by atoms with Gasteiger partial charge >= 0.3 is 0 Å². The maximum atomic E-state index is 12.6. The first kappa shape index (κ1) is 14.8. The van der Waals surface area contributed by atoms with Crippen molar-refractivity contribution in [3.63, 3.8) is 0 Å². The molecule has 0 aromatic carbocycles. The topological polar surface area (TPSA) is 92.4 Å². The molecule has 1 saturated carbocycles. The van der Waals surface area contributed by atoms with Gasteiger partial charge in [0.15, 0.2) is 0 Å². The number of aliphatic hydroxyl groups is 1. The standard InChI is InChI=1S/C17H17N5O2/c23-12-8-11(9-12)15(13-4-1-2-5-18-13)21-16(24)14-10-22-7-3-6-19-17(22)20-14/h1-7,10-12,15,23H,8-9H2,(H,21,24). The predicted molar refractivity (Wildman–Crippen MR) is 86.2 cm³/mol. The maximum Gasteiger partial charge on any atom is 0.272 e. The summed E-state index contributed by atoms with van der Waals surface area (Å²) in [6.45, 7) is 0. The van der Waals surface area contributed by atoms with Gasteiger partial charge in [0.1, 0.15) is 5.69 Å². The Hall–Kier alpha value is -2.80. The molecule has 0 saturated heterocycles. The summed E-state index contributed by atoms with van der Waals surface area (Å²) in [5.74, 6) is 0.391. The average Bonchev–Trinajstić information content (AvgIpc) is 3.02. The fourth-order valence-electron chi connectivity index (χ4n) is 3.05. The second-order valence-electron chi connectivity index (χ2n) is 6.04. The van der Waals surface area contributed by atoms with Gasteiger partial charge in [0.05, 0.1) is 17.8 Å². The lowest BCUT2D eigenvalue weighted by Gasteiger charge is -2.37. The third kappa shape index (κ3) is 2.74. The minimum Gasteiger partial charge on any atom is -0.393 e. The van der Waals surface area contributed by atoms with Crippen molar-refractivity contribution in [1.82, 2.24) is 24.7 Å². The number of carbonyl (C=O) groups excluding carboxylic acids is 1. The lowest BCUT2D eigenvalue weighted by atomic mass is 9.76. The van der Waals surface area contributed by atoms with Crippen LogP contribution < -0.4 is 5.32 Å². The van der Waals surface area contributed by atoms with Crippen LogP contribution in [-0.2, 0) is 0 Å². The Labute approximate surface area is 138 Å². The SMILES string of the molecule is O=C(NC(c1ccccn1)C1CC(O)C1)c1cn2cccnc2n1. The van der Waals surface area contributed by atoms with Crippen LogP contribution in [0.5, 0.6) is 0 Å². The molecule has 3 heterocycles. The number of nitrogens with zero attached hydrogens (tertiary/aromatic N) is 4.